The van der Waals surface area contributed by atoms with Crippen molar-refractivity contribution in [2.75, 3.05) is 6.61 Å². The minimum absolute atomic E-state index is 0.222. The van der Waals surface area contributed by atoms with Crippen LogP contribution in [0.5, 0.6) is 0 Å². The Morgan fingerprint density at radius 1 is 1.38 bits per heavy atom. The molecular weight excluding hydrogens is 291 g/mol. The summed E-state index contributed by atoms with van der Waals surface area (Å²) in [7, 11) is 0. The first-order valence-corrected chi connectivity index (χ1v) is 8.02. The number of hydrogen-bond donors (Lipinski definition) is 0. The Balaban J connectivity index is 1.89. The van der Waals surface area contributed by atoms with Gasteiger partial charge in [0, 0.05) is 6.61 Å². The number of nitrogens with zero attached hydrogens (tertiary/aromatic N) is 2. The monoisotopic (exact) mass is 308 g/mol. The molecule has 3 atom stereocenters. The lowest BCUT2D eigenvalue weighted by Gasteiger charge is -2.23. The van der Waals surface area contributed by atoms with Gasteiger partial charge in [-0.1, -0.05) is 6.07 Å². The minimum Gasteiger partial charge on any atom is -0.376 e. The van der Waals surface area contributed by atoms with Crippen molar-refractivity contribution < 1.29 is 9.13 Å². The molecule has 2 aliphatic rings. The number of hydrogen-bond acceptors (Lipinski definition) is 2. The van der Waals surface area contributed by atoms with Crippen LogP contribution in [-0.2, 0) is 4.74 Å². The molecule has 3 nitrogen and oxygen atoms in total. The summed E-state index contributed by atoms with van der Waals surface area (Å²) in [4.78, 5) is 4.47. The second-order valence-corrected chi connectivity index (χ2v) is 6.75. The first kappa shape index (κ1) is 13.5. The molecule has 4 rings (SSSR count). The van der Waals surface area contributed by atoms with Gasteiger partial charge in [-0.3, -0.25) is 0 Å². The van der Waals surface area contributed by atoms with Crippen molar-refractivity contribution in [1.29, 1.82) is 0 Å². The maximum absolute atomic E-state index is 14.0. The lowest BCUT2D eigenvalue weighted by molar-refractivity contribution is 0.0753. The van der Waals surface area contributed by atoms with Crippen molar-refractivity contribution in [2.45, 2.75) is 43.7 Å². The molecule has 1 aromatic carbocycles. The molecule has 1 aromatic heterocycles. The van der Waals surface area contributed by atoms with E-state index in [1.165, 1.54) is 18.9 Å². The van der Waals surface area contributed by atoms with Crippen LogP contribution in [0.1, 0.15) is 43.4 Å². The third-order valence-corrected chi connectivity index (χ3v) is 4.77. The molecule has 2 fully saturated rings. The van der Waals surface area contributed by atoms with E-state index in [2.05, 4.69) is 9.55 Å². The van der Waals surface area contributed by atoms with Crippen molar-refractivity contribution in [3.8, 4) is 0 Å². The van der Waals surface area contributed by atoms with Crippen LogP contribution in [0.4, 0.5) is 4.39 Å². The van der Waals surface area contributed by atoms with Gasteiger partial charge in [-0.15, -0.1) is 11.6 Å². The Hall–Kier alpha value is -1.13. The molecule has 5 heteroatoms. The van der Waals surface area contributed by atoms with E-state index in [0.717, 1.165) is 24.4 Å². The summed E-state index contributed by atoms with van der Waals surface area (Å²) in [6.45, 7) is 2.65. The fraction of sp³-hybridized carbons (Fsp3) is 0.562. The van der Waals surface area contributed by atoms with Gasteiger partial charge in [-0.2, -0.15) is 0 Å². The largest absolute Gasteiger partial charge is 0.376 e. The molecule has 3 unspecified atom stereocenters. The summed E-state index contributed by atoms with van der Waals surface area (Å²) in [6.07, 6.45) is 3.63. The lowest BCUT2D eigenvalue weighted by Crippen LogP contribution is -2.23. The van der Waals surface area contributed by atoms with Crippen LogP contribution in [0.15, 0.2) is 18.2 Å². The van der Waals surface area contributed by atoms with Gasteiger partial charge < -0.3 is 9.30 Å². The predicted octanol–water partition coefficient (Wildman–Crippen LogP) is 4.22. The van der Waals surface area contributed by atoms with Gasteiger partial charge in [0.25, 0.3) is 0 Å². The summed E-state index contributed by atoms with van der Waals surface area (Å²) in [5.74, 6) is 1.10. The van der Waals surface area contributed by atoms with E-state index in [9.17, 15) is 4.39 Å². The molecule has 1 saturated heterocycles. The summed E-state index contributed by atoms with van der Waals surface area (Å²) in [5, 5.41) is -0.253. The lowest BCUT2D eigenvalue weighted by atomic mass is 10.1. The molecule has 0 radical (unpaired) electrons. The number of rotatable bonds is 3. The highest BCUT2D eigenvalue weighted by Crippen LogP contribution is 2.45. The molecule has 0 amide bonds. The molecule has 21 heavy (non-hydrogen) atoms. The number of benzene rings is 1. The quantitative estimate of drug-likeness (QED) is 0.794. The van der Waals surface area contributed by atoms with Gasteiger partial charge in [0.2, 0.25) is 0 Å². The van der Waals surface area contributed by atoms with Crippen molar-refractivity contribution >= 4 is 22.6 Å². The first-order valence-electron chi connectivity index (χ1n) is 7.59. The van der Waals surface area contributed by atoms with Crippen LogP contribution in [0.3, 0.4) is 0 Å². The van der Waals surface area contributed by atoms with Crippen LogP contribution in [0.2, 0.25) is 0 Å². The van der Waals surface area contributed by atoms with Gasteiger partial charge in [0.1, 0.15) is 11.3 Å². The van der Waals surface area contributed by atoms with Crippen molar-refractivity contribution in [3.63, 3.8) is 0 Å². The second kappa shape index (κ2) is 4.96. The molecule has 1 saturated carbocycles. The van der Waals surface area contributed by atoms with Gasteiger partial charge in [0.05, 0.1) is 23.0 Å². The first-order chi connectivity index (χ1) is 10.2. The fourth-order valence-corrected chi connectivity index (χ4v) is 3.64. The molecule has 2 aromatic rings. The SMILES string of the molecule is CC(Cl)c1nc2c(F)cccc2n1C1CCOC1C1CC1. The zero-order chi connectivity index (χ0) is 14.6. The minimum atomic E-state index is -0.285. The normalized spacial score (nSPS) is 27.4. The number of alkyl halides is 1. The number of imidazole rings is 1. The average molecular weight is 309 g/mol. The Morgan fingerprint density at radius 3 is 2.90 bits per heavy atom. The van der Waals surface area contributed by atoms with Crippen LogP contribution in [0, 0.1) is 11.7 Å². The zero-order valence-corrected chi connectivity index (χ0v) is 12.7. The summed E-state index contributed by atoms with van der Waals surface area (Å²) >= 11 is 6.31. The molecule has 0 N–H and O–H groups in total. The molecule has 0 spiro atoms. The standard InChI is InChI=1S/C16H18ClFN2O/c1-9(17)16-19-14-11(18)3-2-4-12(14)20(16)13-7-8-21-15(13)10-5-6-10/h2-4,9-10,13,15H,5-8H2,1H3. The number of fused-ring (bicyclic) bond motifs is 1. The maximum atomic E-state index is 14.0. The average Bonchev–Trinajstić information content (AvgIpc) is 3.05. The molecule has 1 aliphatic carbocycles. The fourth-order valence-electron chi connectivity index (χ4n) is 3.48. The summed E-state index contributed by atoms with van der Waals surface area (Å²) in [6, 6.07) is 5.34. The van der Waals surface area contributed by atoms with Crippen molar-refractivity contribution in [2.24, 2.45) is 5.92 Å². The van der Waals surface area contributed by atoms with Crippen LogP contribution < -0.4 is 0 Å². The Kier molecular flexibility index (Phi) is 3.19. The van der Waals surface area contributed by atoms with Crippen molar-refractivity contribution in [3.05, 3.63) is 29.8 Å². The number of para-hydroxylation sites is 1. The van der Waals surface area contributed by atoms with Gasteiger partial charge in [-0.05, 0) is 44.2 Å². The van der Waals surface area contributed by atoms with E-state index in [-0.39, 0.29) is 23.3 Å². The van der Waals surface area contributed by atoms with Crippen LogP contribution >= 0.6 is 11.6 Å². The highest BCUT2D eigenvalue weighted by Gasteiger charge is 2.42. The third kappa shape index (κ3) is 2.16. The summed E-state index contributed by atoms with van der Waals surface area (Å²) in [5.41, 5.74) is 1.25. The molecule has 112 valence electrons. The zero-order valence-electron chi connectivity index (χ0n) is 11.9. The number of aromatic nitrogens is 2. The molecule has 0 bridgehead atoms. The number of ether oxygens (including phenoxy) is 1. The van der Waals surface area contributed by atoms with E-state index in [0.29, 0.717) is 11.4 Å². The van der Waals surface area contributed by atoms with E-state index < -0.39 is 0 Å². The van der Waals surface area contributed by atoms with Crippen molar-refractivity contribution in [1.82, 2.24) is 9.55 Å². The van der Waals surface area contributed by atoms with Crippen LogP contribution in [-0.4, -0.2) is 22.3 Å². The maximum Gasteiger partial charge on any atom is 0.151 e. The smallest absolute Gasteiger partial charge is 0.151 e. The highest BCUT2D eigenvalue weighted by molar-refractivity contribution is 6.20. The molecular formula is C16H18ClFN2O. The Bertz CT molecular complexity index is 680. The van der Waals surface area contributed by atoms with Gasteiger partial charge in [0.15, 0.2) is 5.82 Å². The topological polar surface area (TPSA) is 27.1 Å². The van der Waals surface area contributed by atoms with E-state index in [1.807, 2.05) is 13.0 Å². The van der Waals surface area contributed by atoms with E-state index in [4.69, 9.17) is 16.3 Å². The van der Waals surface area contributed by atoms with Crippen LogP contribution in [0.25, 0.3) is 11.0 Å². The molecule has 2 heterocycles. The van der Waals surface area contributed by atoms with Gasteiger partial charge >= 0.3 is 0 Å². The second-order valence-electron chi connectivity index (χ2n) is 6.09. The predicted molar refractivity (Wildman–Crippen MR) is 80.1 cm³/mol. The van der Waals surface area contributed by atoms with Gasteiger partial charge in [-0.25, -0.2) is 9.37 Å². The molecule has 1 aliphatic heterocycles. The van der Waals surface area contributed by atoms with E-state index in [1.54, 1.807) is 6.07 Å². The Labute approximate surface area is 128 Å². The van der Waals surface area contributed by atoms with E-state index >= 15 is 0 Å². The third-order valence-electron chi connectivity index (χ3n) is 4.58. The Morgan fingerprint density at radius 2 is 2.19 bits per heavy atom. The summed E-state index contributed by atoms with van der Waals surface area (Å²) < 4.78 is 22.1. The highest BCUT2D eigenvalue weighted by atomic mass is 35.5. The number of halogens is 2.